The van der Waals surface area contributed by atoms with Gasteiger partial charge >= 0.3 is 0 Å². The van der Waals surface area contributed by atoms with Gasteiger partial charge < -0.3 is 25.4 Å². The summed E-state index contributed by atoms with van der Waals surface area (Å²) in [5, 5.41) is 15.0. The average Bonchev–Trinajstić information content (AvgIpc) is 3.27. The third-order valence-corrected chi connectivity index (χ3v) is 8.13. The number of benzene rings is 1. The van der Waals surface area contributed by atoms with Gasteiger partial charge in [0.1, 0.15) is 11.6 Å². The highest BCUT2D eigenvalue weighted by molar-refractivity contribution is 6.04. The summed E-state index contributed by atoms with van der Waals surface area (Å²) in [5.74, 6) is -2.08. The van der Waals surface area contributed by atoms with Crippen molar-refractivity contribution in [1.29, 1.82) is 0 Å². The number of aryl methyl sites for hydroxylation is 2. The van der Waals surface area contributed by atoms with E-state index in [1.807, 2.05) is 45.9 Å². The van der Waals surface area contributed by atoms with E-state index in [1.165, 1.54) is 0 Å². The summed E-state index contributed by atoms with van der Waals surface area (Å²) >= 11 is 0. The molecule has 3 fully saturated rings. The lowest BCUT2D eigenvalue weighted by molar-refractivity contribution is -0.146. The predicted octanol–water partition coefficient (Wildman–Crippen LogP) is 1.77. The number of hydrogen-bond acceptors (Lipinski definition) is 5. The molecule has 3 aliphatic heterocycles. The Kier molecular flexibility index (Phi) is 6.03. The topological polar surface area (TPSA) is 108 Å². The van der Waals surface area contributed by atoms with E-state index in [2.05, 4.69) is 10.6 Å². The molecular weight excluding hydrogens is 422 g/mol. The number of hydrogen-bond donors (Lipinski definition) is 3. The van der Waals surface area contributed by atoms with E-state index < -0.39 is 29.1 Å². The van der Waals surface area contributed by atoms with Gasteiger partial charge in [0.2, 0.25) is 17.7 Å². The van der Waals surface area contributed by atoms with Crippen LogP contribution in [0.1, 0.15) is 44.2 Å². The number of para-hydroxylation sites is 1. The smallest absolute Gasteiger partial charge is 0.250 e. The molecule has 8 nitrogen and oxygen atoms in total. The molecule has 0 radical (unpaired) electrons. The van der Waals surface area contributed by atoms with Crippen LogP contribution in [-0.2, 0) is 19.1 Å². The number of nitrogens with one attached hydrogen (secondary N) is 2. The molecule has 1 spiro atoms. The largest absolute Gasteiger partial charge is 0.396 e. The van der Waals surface area contributed by atoms with Crippen molar-refractivity contribution in [3.05, 3.63) is 29.3 Å². The number of anilines is 1. The third-order valence-electron chi connectivity index (χ3n) is 8.13. The number of carbonyl (C=O) groups excluding carboxylic acids is 3. The van der Waals surface area contributed by atoms with E-state index in [0.29, 0.717) is 25.8 Å². The standard InChI is InChI=1S/C25H35N3O5/c1-14-9-8-10-15(2)19(14)27-22(31)20-25-13-16(3)24(4,33-25)17(21(30)26-5)18(25)23(32)28(20)11-6-7-12-29/h8-10,16-18,20,29H,6-7,11-13H2,1-5H3,(H,26,30)(H,27,31)/t16?,17-,18+,20?,24+,25?/m1/s1. The minimum atomic E-state index is -1.05. The zero-order chi connectivity index (χ0) is 24.1. The van der Waals surface area contributed by atoms with Gasteiger partial charge in [-0.1, -0.05) is 25.1 Å². The van der Waals surface area contributed by atoms with Crippen molar-refractivity contribution in [3.8, 4) is 0 Å². The number of fused-ring (bicyclic) bond motifs is 1. The maximum Gasteiger partial charge on any atom is 0.250 e. The summed E-state index contributed by atoms with van der Waals surface area (Å²) < 4.78 is 6.62. The summed E-state index contributed by atoms with van der Waals surface area (Å²) in [4.78, 5) is 42.2. The highest BCUT2D eigenvalue weighted by atomic mass is 16.5. The fourth-order valence-corrected chi connectivity index (χ4v) is 6.43. The number of carbonyl (C=O) groups is 3. The molecule has 180 valence electrons. The Bertz CT molecular complexity index is 961. The lowest BCUT2D eigenvalue weighted by atomic mass is 9.62. The Morgan fingerprint density at radius 2 is 1.88 bits per heavy atom. The maximum atomic E-state index is 13.9. The van der Waals surface area contributed by atoms with E-state index >= 15 is 0 Å². The highest BCUT2D eigenvalue weighted by Gasteiger charge is 2.79. The lowest BCUT2D eigenvalue weighted by Gasteiger charge is -2.36. The Labute approximate surface area is 195 Å². The molecule has 3 saturated heterocycles. The van der Waals surface area contributed by atoms with Gasteiger partial charge in [-0.3, -0.25) is 14.4 Å². The number of rotatable bonds is 7. The lowest BCUT2D eigenvalue weighted by Crippen LogP contribution is -2.54. The molecule has 1 aromatic carbocycles. The SMILES string of the molecule is CNC(=O)[C@H]1[C@H]2C(=O)N(CCCCO)C(C(=O)Nc3c(C)cccc3C)C23CC(C)[C@]1(C)O3. The van der Waals surface area contributed by atoms with Crippen LogP contribution in [0, 0.1) is 31.6 Å². The van der Waals surface area contributed by atoms with Crippen LogP contribution in [0.5, 0.6) is 0 Å². The van der Waals surface area contributed by atoms with Crippen LogP contribution in [0.2, 0.25) is 0 Å². The van der Waals surface area contributed by atoms with Crippen molar-refractivity contribution in [2.75, 3.05) is 25.5 Å². The minimum Gasteiger partial charge on any atom is -0.396 e. The van der Waals surface area contributed by atoms with Crippen LogP contribution in [0.15, 0.2) is 18.2 Å². The van der Waals surface area contributed by atoms with Gasteiger partial charge in [-0.2, -0.15) is 0 Å². The molecule has 4 rings (SSSR count). The Morgan fingerprint density at radius 1 is 1.21 bits per heavy atom. The van der Waals surface area contributed by atoms with Crippen LogP contribution in [0.3, 0.4) is 0 Å². The number of aliphatic hydroxyl groups excluding tert-OH is 1. The first-order chi connectivity index (χ1) is 15.6. The molecule has 6 atom stereocenters. The van der Waals surface area contributed by atoms with Crippen molar-refractivity contribution in [2.24, 2.45) is 17.8 Å². The van der Waals surface area contributed by atoms with Crippen LogP contribution < -0.4 is 10.6 Å². The summed E-state index contributed by atoms with van der Waals surface area (Å²) in [6.07, 6.45) is 1.63. The number of ether oxygens (including phenoxy) is 1. The molecule has 33 heavy (non-hydrogen) atoms. The predicted molar refractivity (Wildman–Crippen MR) is 123 cm³/mol. The maximum absolute atomic E-state index is 13.9. The summed E-state index contributed by atoms with van der Waals surface area (Å²) in [6, 6.07) is 4.97. The van der Waals surface area contributed by atoms with Crippen molar-refractivity contribution < 1.29 is 24.2 Å². The summed E-state index contributed by atoms with van der Waals surface area (Å²) in [7, 11) is 1.57. The molecule has 3 amide bonds. The first kappa shape index (κ1) is 23.7. The highest BCUT2D eigenvalue weighted by Crippen LogP contribution is 2.65. The molecular formula is C25H35N3O5. The second kappa shape index (κ2) is 8.40. The van der Waals surface area contributed by atoms with E-state index in [0.717, 1.165) is 16.8 Å². The first-order valence-electron chi connectivity index (χ1n) is 11.8. The molecule has 3 heterocycles. The van der Waals surface area contributed by atoms with E-state index in [1.54, 1.807) is 11.9 Å². The molecule has 3 N–H and O–H groups in total. The summed E-state index contributed by atoms with van der Waals surface area (Å²) in [6.45, 7) is 8.14. The molecule has 3 unspecified atom stereocenters. The molecule has 8 heteroatoms. The van der Waals surface area contributed by atoms with Gasteiger partial charge in [0.15, 0.2) is 0 Å². The van der Waals surface area contributed by atoms with Crippen molar-refractivity contribution in [3.63, 3.8) is 0 Å². The molecule has 0 saturated carbocycles. The number of likely N-dealkylation sites (tertiary alicyclic amines) is 1. The zero-order valence-corrected chi connectivity index (χ0v) is 20.1. The number of nitrogens with zero attached hydrogens (tertiary/aromatic N) is 1. The summed E-state index contributed by atoms with van der Waals surface area (Å²) in [5.41, 5.74) is 0.749. The van der Waals surface area contributed by atoms with E-state index in [-0.39, 0.29) is 30.2 Å². The quantitative estimate of drug-likeness (QED) is 0.541. The number of unbranched alkanes of at least 4 members (excludes halogenated alkanes) is 1. The Hall–Kier alpha value is -2.45. The van der Waals surface area contributed by atoms with Gasteiger partial charge in [-0.05, 0) is 57.1 Å². The zero-order valence-electron chi connectivity index (χ0n) is 20.1. The van der Waals surface area contributed by atoms with Crippen LogP contribution in [0.25, 0.3) is 0 Å². The Balaban J connectivity index is 1.77. The van der Waals surface area contributed by atoms with Crippen LogP contribution in [-0.4, -0.2) is 65.2 Å². The number of amides is 3. The molecule has 0 aromatic heterocycles. The van der Waals surface area contributed by atoms with Gasteiger partial charge in [0.25, 0.3) is 0 Å². The second-order valence-electron chi connectivity index (χ2n) is 10.0. The average molecular weight is 458 g/mol. The second-order valence-corrected chi connectivity index (χ2v) is 10.0. The van der Waals surface area contributed by atoms with Crippen molar-refractivity contribution >= 4 is 23.4 Å². The van der Waals surface area contributed by atoms with E-state index in [9.17, 15) is 19.5 Å². The van der Waals surface area contributed by atoms with Crippen molar-refractivity contribution in [1.82, 2.24) is 10.2 Å². The van der Waals surface area contributed by atoms with E-state index in [4.69, 9.17) is 4.74 Å². The van der Waals surface area contributed by atoms with Gasteiger partial charge in [0, 0.05) is 25.9 Å². The minimum absolute atomic E-state index is 0.0109. The Morgan fingerprint density at radius 3 is 2.48 bits per heavy atom. The van der Waals surface area contributed by atoms with Crippen molar-refractivity contribution in [2.45, 2.75) is 64.2 Å². The van der Waals surface area contributed by atoms with Gasteiger partial charge in [-0.15, -0.1) is 0 Å². The normalized spacial score (nSPS) is 34.5. The third kappa shape index (κ3) is 3.37. The molecule has 3 aliphatic rings. The fraction of sp³-hybridized carbons (Fsp3) is 0.640. The molecule has 1 aromatic rings. The number of aliphatic hydroxyl groups is 1. The molecule has 0 aliphatic carbocycles. The monoisotopic (exact) mass is 457 g/mol. The van der Waals surface area contributed by atoms with Gasteiger partial charge in [-0.25, -0.2) is 0 Å². The fourth-order valence-electron chi connectivity index (χ4n) is 6.43. The van der Waals surface area contributed by atoms with Crippen LogP contribution in [0.4, 0.5) is 5.69 Å². The van der Waals surface area contributed by atoms with Gasteiger partial charge in [0.05, 0.1) is 17.4 Å². The molecule has 2 bridgehead atoms. The van der Waals surface area contributed by atoms with Crippen LogP contribution >= 0.6 is 0 Å². The first-order valence-corrected chi connectivity index (χ1v) is 11.8.